The molecule has 0 N–H and O–H groups in total. The fraction of sp³-hybridized carbons (Fsp3) is 0. The molecule has 2 heterocycles. The summed E-state index contributed by atoms with van der Waals surface area (Å²) in [4.78, 5) is 10.4. The SMILES string of the molecule is c1ccc(-c2nc(-c3ccc4ccccc4c3)cc(-c3ccc(-c4ccc5ccccc5c4)c4oc5ccc6ccccc6c5c34)n2)cc1. The summed E-state index contributed by atoms with van der Waals surface area (Å²) in [5, 5.41) is 9.26. The highest BCUT2D eigenvalue weighted by Crippen LogP contribution is 2.45. The Bertz CT molecular complexity index is 2890. The van der Waals surface area contributed by atoms with E-state index >= 15 is 0 Å². The van der Waals surface area contributed by atoms with Crippen LogP contribution in [0.2, 0.25) is 0 Å². The lowest BCUT2D eigenvalue weighted by molar-refractivity contribution is 0.670. The van der Waals surface area contributed by atoms with Gasteiger partial charge in [0.05, 0.1) is 11.4 Å². The van der Waals surface area contributed by atoms with Crippen LogP contribution in [-0.2, 0) is 0 Å². The van der Waals surface area contributed by atoms with Crippen molar-refractivity contribution in [2.24, 2.45) is 0 Å². The van der Waals surface area contributed by atoms with Gasteiger partial charge < -0.3 is 4.42 Å². The monoisotopic (exact) mass is 624 g/mol. The summed E-state index contributed by atoms with van der Waals surface area (Å²) in [7, 11) is 0. The molecule has 10 aromatic rings. The van der Waals surface area contributed by atoms with E-state index in [1.807, 2.05) is 18.2 Å². The number of hydrogen-bond donors (Lipinski definition) is 0. The van der Waals surface area contributed by atoms with E-state index in [9.17, 15) is 0 Å². The van der Waals surface area contributed by atoms with Crippen molar-refractivity contribution in [3.63, 3.8) is 0 Å². The molecule has 0 aliphatic carbocycles. The van der Waals surface area contributed by atoms with Crippen molar-refractivity contribution in [2.45, 2.75) is 0 Å². The van der Waals surface area contributed by atoms with Crippen LogP contribution in [0.15, 0.2) is 174 Å². The highest BCUT2D eigenvalue weighted by atomic mass is 16.3. The predicted molar refractivity (Wildman–Crippen MR) is 204 cm³/mol. The van der Waals surface area contributed by atoms with E-state index in [4.69, 9.17) is 14.4 Å². The molecule has 0 bridgehead atoms. The molecule has 0 unspecified atom stereocenters. The van der Waals surface area contributed by atoms with Gasteiger partial charge in [-0.15, -0.1) is 0 Å². The van der Waals surface area contributed by atoms with Gasteiger partial charge in [0.2, 0.25) is 0 Å². The Morgan fingerprint density at radius 3 is 1.73 bits per heavy atom. The lowest BCUT2D eigenvalue weighted by Gasteiger charge is -2.12. The summed E-state index contributed by atoms with van der Waals surface area (Å²) in [6, 6.07) is 59.7. The van der Waals surface area contributed by atoms with Crippen LogP contribution in [0.4, 0.5) is 0 Å². The zero-order valence-electron chi connectivity index (χ0n) is 26.5. The van der Waals surface area contributed by atoms with Gasteiger partial charge >= 0.3 is 0 Å². The van der Waals surface area contributed by atoms with Crippen LogP contribution in [0, 0.1) is 0 Å². The Morgan fingerprint density at radius 1 is 0.367 bits per heavy atom. The van der Waals surface area contributed by atoms with Gasteiger partial charge in [-0.3, -0.25) is 0 Å². The van der Waals surface area contributed by atoms with Crippen molar-refractivity contribution in [2.75, 3.05) is 0 Å². The summed E-state index contributed by atoms with van der Waals surface area (Å²) < 4.78 is 6.85. The third kappa shape index (κ3) is 4.59. The number of rotatable bonds is 4. The van der Waals surface area contributed by atoms with Gasteiger partial charge in [-0.1, -0.05) is 140 Å². The van der Waals surface area contributed by atoms with Gasteiger partial charge in [0.1, 0.15) is 11.2 Å². The number of aromatic nitrogens is 2. The molecule has 0 saturated carbocycles. The molecule has 0 fully saturated rings. The lowest BCUT2D eigenvalue weighted by Crippen LogP contribution is -1.96. The van der Waals surface area contributed by atoms with Gasteiger partial charge in [0.15, 0.2) is 5.82 Å². The Morgan fingerprint density at radius 2 is 0.959 bits per heavy atom. The molecule has 8 aromatic carbocycles. The molecule has 2 aromatic heterocycles. The summed E-state index contributed by atoms with van der Waals surface area (Å²) in [6.45, 7) is 0. The van der Waals surface area contributed by atoms with Crippen molar-refractivity contribution in [3.8, 4) is 45.0 Å². The van der Waals surface area contributed by atoms with Crippen LogP contribution in [0.1, 0.15) is 0 Å². The minimum absolute atomic E-state index is 0.686. The van der Waals surface area contributed by atoms with Gasteiger partial charge in [-0.2, -0.15) is 0 Å². The van der Waals surface area contributed by atoms with Crippen LogP contribution < -0.4 is 0 Å². The van der Waals surface area contributed by atoms with Crippen LogP contribution in [0.3, 0.4) is 0 Å². The Kier molecular flexibility index (Phi) is 6.18. The first kappa shape index (κ1) is 27.5. The third-order valence-electron chi connectivity index (χ3n) is 9.65. The molecule has 3 heteroatoms. The molecule has 228 valence electrons. The highest BCUT2D eigenvalue weighted by molar-refractivity contribution is 6.24. The average Bonchev–Trinajstić information content (AvgIpc) is 3.58. The van der Waals surface area contributed by atoms with Crippen molar-refractivity contribution in [1.29, 1.82) is 0 Å². The van der Waals surface area contributed by atoms with Crippen molar-refractivity contribution in [3.05, 3.63) is 170 Å². The largest absolute Gasteiger partial charge is 0.455 e. The minimum atomic E-state index is 0.686. The summed E-state index contributed by atoms with van der Waals surface area (Å²) in [5.41, 5.74) is 8.63. The first-order valence-electron chi connectivity index (χ1n) is 16.6. The lowest BCUT2D eigenvalue weighted by atomic mass is 9.93. The van der Waals surface area contributed by atoms with Crippen LogP contribution in [-0.4, -0.2) is 9.97 Å². The fourth-order valence-corrected chi connectivity index (χ4v) is 7.24. The molecule has 0 saturated heterocycles. The summed E-state index contributed by atoms with van der Waals surface area (Å²) in [5.74, 6) is 0.686. The van der Waals surface area contributed by atoms with Crippen molar-refractivity contribution in [1.82, 2.24) is 9.97 Å². The molecule has 0 radical (unpaired) electrons. The van der Waals surface area contributed by atoms with E-state index in [-0.39, 0.29) is 0 Å². The Balaban J connectivity index is 1.29. The van der Waals surface area contributed by atoms with Crippen molar-refractivity contribution < 1.29 is 4.42 Å². The standard InChI is InChI=1S/C46H28N2O/c1-2-13-32(14-3-1)46-47-40(36-21-19-30-11-5-7-16-34(30)27-36)28-41(48-46)39-24-23-38(35-20-18-29-10-4-6-15-33(29)26-35)45-44(39)43-37-17-9-8-12-31(37)22-25-42(43)49-45/h1-28H. The molecule has 0 aliphatic rings. The Labute approximate surface area is 282 Å². The molecule has 0 amide bonds. The molecule has 0 aliphatic heterocycles. The molecule has 3 nitrogen and oxygen atoms in total. The maximum Gasteiger partial charge on any atom is 0.160 e. The van der Waals surface area contributed by atoms with E-state index < -0.39 is 0 Å². The smallest absolute Gasteiger partial charge is 0.160 e. The number of hydrogen-bond acceptors (Lipinski definition) is 3. The van der Waals surface area contributed by atoms with Crippen LogP contribution in [0.5, 0.6) is 0 Å². The quantitative estimate of drug-likeness (QED) is 0.196. The molecule has 10 rings (SSSR count). The third-order valence-corrected chi connectivity index (χ3v) is 9.65. The average molecular weight is 625 g/mol. The second kappa shape index (κ2) is 11.0. The second-order valence-electron chi connectivity index (χ2n) is 12.6. The first-order chi connectivity index (χ1) is 24.3. The minimum Gasteiger partial charge on any atom is -0.455 e. The molecule has 0 spiro atoms. The zero-order chi connectivity index (χ0) is 32.3. The van der Waals surface area contributed by atoms with Crippen LogP contribution >= 0.6 is 0 Å². The zero-order valence-corrected chi connectivity index (χ0v) is 26.5. The predicted octanol–water partition coefficient (Wildman–Crippen LogP) is 12.5. The van der Waals surface area contributed by atoms with E-state index in [2.05, 4.69) is 152 Å². The highest BCUT2D eigenvalue weighted by Gasteiger charge is 2.21. The number of fused-ring (bicyclic) bond motifs is 7. The number of benzene rings is 8. The van der Waals surface area contributed by atoms with E-state index in [1.54, 1.807) is 0 Å². The normalized spacial score (nSPS) is 11.7. The van der Waals surface area contributed by atoms with E-state index in [0.717, 1.165) is 66.5 Å². The van der Waals surface area contributed by atoms with Gasteiger partial charge in [0, 0.05) is 33.0 Å². The second-order valence-corrected chi connectivity index (χ2v) is 12.6. The maximum absolute atomic E-state index is 6.85. The molecular weight excluding hydrogens is 597 g/mol. The van der Waals surface area contributed by atoms with Crippen LogP contribution in [0.25, 0.3) is 99.3 Å². The molecule has 49 heavy (non-hydrogen) atoms. The summed E-state index contributed by atoms with van der Waals surface area (Å²) >= 11 is 0. The van der Waals surface area contributed by atoms with Gasteiger partial charge in [0.25, 0.3) is 0 Å². The fourth-order valence-electron chi connectivity index (χ4n) is 7.24. The van der Waals surface area contributed by atoms with Gasteiger partial charge in [-0.25, -0.2) is 9.97 Å². The topological polar surface area (TPSA) is 38.9 Å². The maximum atomic E-state index is 6.85. The number of furan rings is 1. The number of nitrogens with zero attached hydrogens (tertiary/aromatic N) is 2. The summed E-state index contributed by atoms with van der Waals surface area (Å²) in [6.07, 6.45) is 0. The first-order valence-corrected chi connectivity index (χ1v) is 16.6. The van der Waals surface area contributed by atoms with E-state index in [0.29, 0.717) is 5.82 Å². The van der Waals surface area contributed by atoms with Crippen molar-refractivity contribution >= 4 is 54.3 Å². The van der Waals surface area contributed by atoms with Gasteiger partial charge in [-0.05, 0) is 68.2 Å². The molecule has 0 atom stereocenters. The Hall–Kier alpha value is -6.58. The van der Waals surface area contributed by atoms with E-state index in [1.165, 1.54) is 26.9 Å². The molecular formula is C46H28N2O.